The van der Waals surface area contributed by atoms with E-state index < -0.39 is 5.97 Å². The fourth-order valence-corrected chi connectivity index (χ4v) is 1.53. The first-order valence-corrected chi connectivity index (χ1v) is 5.71. The molecule has 0 aliphatic rings. The molecule has 86 valence electrons. The highest BCUT2D eigenvalue weighted by Crippen LogP contribution is 2.18. The van der Waals surface area contributed by atoms with Gasteiger partial charge < -0.3 is 5.11 Å². The molecule has 1 atom stereocenters. The Morgan fingerprint density at radius 1 is 1.47 bits per heavy atom. The largest absolute Gasteiger partial charge is 0.478 e. The van der Waals surface area contributed by atoms with Gasteiger partial charge in [0, 0.05) is 0 Å². The van der Waals surface area contributed by atoms with Crippen molar-refractivity contribution in [3.05, 3.63) is 24.3 Å². The van der Waals surface area contributed by atoms with Crippen molar-refractivity contribution in [2.45, 2.75) is 46.0 Å². The molecule has 0 aliphatic carbocycles. The predicted molar refractivity (Wildman–Crippen MR) is 63.8 cm³/mol. The van der Waals surface area contributed by atoms with E-state index in [1.807, 2.05) is 0 Å². The quantitative estimate of drug-likeness (QED) is 0.489. The third-order valence-corrected chi connectivity index (χ3v) is 2.68. The zero-order chi connectivity index (χ0) is 11.7. The molecule has 0 rings (SSSR count). The summed E-state index contributed by atoms with van der Waals surface area (Å²) in [5, 5.41) is 8.80. The number of carboxylic acid groups (broad SMARTS) is 1. The standard InChI is InChI=1S/C13H22O2/c1-4-7-8-11(5-2)9-10-12(6-3)13(14)15/h6,10-11H,3-5,7-9H2,1-2H3,(H,14,15)/b12-10-. The number of hydrogen-bond acceptors (Lipinski definition) is 1. The van der Waals surface area contributed by atoms with Gasteiger partial charge in [0.15, 0.2) is 0 Å². The van der Waals surface area contributed by atoms with E-state index in [1.54, 1.807) is 6.08 Å². The lowest BCUT2D eigenvalue weighted by atomic mass is 9.95. The van der Waals surface area contributed by atoms with Crippen molar-refractivity contribution in [2.75, 3.05) is 0 Å². The number of aliphatic carboxylic acids is 1. The number of unbranched alkanes of at least 4 members (excludes halogenated alkanes) is 1. The van der Waals surface area contributed by atoms with Crippen LogP contribution in [0.25, 0.3) is 0 Å². The van der Waals surface area contributed by atoms with Crippen molar-refractivity contribution in [1.82, 2.24) is 0 Å². The lowest BCUT2D eigenvalue weighted by molar-refractivity contribution is -0.132. The zero-order valence-corrected chi connectivity index (χ0v) is 9.83. The molecule has 0 radical (unpaired) electrons. The fraction of sp³-hybridized carbons (Fsp3) is 0.615. The van der Waals surface area contributed by atoms with Crippen LogP contribution in [0.4, 0.5) is 0 Å². The molecule has 2 nitrogen and oxygen atoms in total. The Morgan fingerprint density at radius 3 is 2.53 bits per heavy atom. The van der Waals surface area contributed by atoms with Crippen LogP contribution in [-0.2, 0) is 4.79 Å². The summed E-state index contributed by atoms with van der Waals surface area (Å²) < 4.78 is 0. The molecule has 0 fully saturated rings. The van der Waals surface area contributed by atoms with Crippen LogP contribution in [0.1, 0.15) is 46.0 Å². The first-order chi connectivity index (χ1) is 7.15. The Hall–Kier alpha value is -1.05. The molecule has 0 aromatic heterocycles. The monoisotopic (exact) mass is 210 g/mol. The van der Waals surface area contributed by atoms with Gasteiger partial charge in [0.1, 0.15) is 0 Å². The minimum Gasteiger partial charge on any atom is -0.478 e. The summed E-state index contributed by atoms with van der Waals surface area (Å²) in [5.74, 6) is -0.269. The van der Waals surface area contributed by atoms with Crippen molar-refractivity contribution < 1.29 is 9.90 Å². The van der Waals surface area contributed by atoms with Gasteiger partial charge in [0.05, 0.1) is 5.57 Å². The van der Waals surface area contributed by atoms with E-state index in [9.17, 15) is 4.79 Å². The summed E-state index contributed by atoms with van der Waals surface area (Å²) >= 11 is 0. The molecule has 0 bridgehead atoms. The minimum atomic E-state index is -0.879. The van der Waals surface area contributed by atoms with Gasteiger partial charge >= 0.3 is 5.97 Å². The van der Waals surface area contributed by atoms with E-state index in [4.69, 9.17) is 5.11 Å². The molecule has 0 aromatic rings. The Balaban J connectivity index is 4.16. The van der Waals surface area contributed by atoms with Crippen molar-refractivity contribution in [2.24, 2.45) is 5.92 Å². The van der Waals surface area contributed by atoms with Crippen LogP contribution >= 0.6 is 0 Å². The van der Waals surface area contributed by atoms with Crippen molar-refractivity contribution >= 4 is 5.97 Å². The molecule has 0 saturated carbocycles. The molecular formula is C13H22O2. The van der Waals surface area contributed by atoms with Gasteiger partial charge in [-0.2, -0.15) is 0 Å². The lowest BCUT2D eigenvalue weighted by Crippen LogP contribution is -2.01. The second-order valence-corrected chi connectivity index (χ2v) is 3.82. The highest BCUT2D eigenvalue weighted by Gasteiger charge is 2.06. The molecule has 15 heavy (non-hydrogen) atoms. The van der Waals surface area contributed by atoms with Crippen LogP contribution in [-0.4, -0.2) is 11.1 Å². The number of carbonyl (C=O) groups is 1. The van der Waals surface area contributed by atoms with Gasteiger partial charge in [0.25, 0.3) is 0 Å². The molecule has 0 saturated heterocycles. The van der Waals surface area contributed by atoms with Crippen LogP contribution < -0.4 is 0 Å². The molecule has 0 spiro atoms. The highest BCUT2D eigenvalue weighted by atomic mass is 16.4. The van der Waals surface area contributed by atoms with Crippen molar-refractivity contribution in [1.29, 1.82) is 0 Å². The summed E-state index contributed by atoms with van der Waals surface area (Å²) in [6.07, 6.45) is 8.78. The summed E-state index contributed by atoms with van der Waals surface area (Å²) in [6, 6.07) is 0. The molecule has 1 unspecified atom stereocenters. The van der Waals surface area contributed by atoms with Gasteiger partial charge in [-0.25, -0.2) is 4.79 Å². The number of rotatable bonds is 8. The van der Waals surface area contributed by atoms with Crippen LogP contribution in [0.2, 0.25) is 0 Å². The summed E-state index contributed by atoms with van der Waals surface area (Å²) in [7, 11) is 0. The van der Waals surface area contributed by atoms with Crippen LogP contribution in [0, 0.1) is 5.92 Å². The van der Waals surface area contributed by atoms with Gasteiger partial charge in [-0.05, 0) is 12.3 Å². The molecule has 0 aromatic carbocycles. The molecular weight excluding hydrogens is 188 g/mol. The Labute approximate surface area is 92.7 Å². The third kappa shape index (κ3) is 6.10. The maximum absolute atomic E-state index is 10.7. The smallest absolute Gasteiger partial charge is 0.335 e. The number of carboxylic acids is 1. The topological polar surface area (TPSA) is 37.3 Å². The van der Waals surface area contributed by atoms with Crippen LogP contribution in [0.15, 0.2) is 24.3 Å². The first kappa shape index (κ1) is 13.9. The number of hydrogen-bond donors (Lipinski definition) is 1. The Bertz CT molecular complexity index is 229. The maximum Gasteiger partial charge on any atom is 0.335 e. The normalized spacial score (nSPS) is 13.6. The van der Waals surface area contributed by atoms with Gasteiger partial charge in [-0.3, -0.25) is 0 Å². The lowest BCUT2D eigenvalue weighted by Gasteiger charge is -2.11. The second kappa shape index (κ2) is 8.27. The Morgan fingerprint density at radius 2 is 2.13 bits per heavy atom. The molecule has 1 N–H and O–H groups in total. The van der Waals surface area contributed by atoms with E-state index in [1.165, 1.54) is 25.3 Å². The third-order valence-electron chi connectivity index (χ3n) is 2.68. The maximum atomic E-state index is 10.7. The van der Waals surface area contributed by atoms with Crippen LogP contribution in [0.5, 0.6) is 0 Å². The zero-order valence-electron chi connectivity index (χ0n) is 9.83. The minimum absolute atomic E-state index is 0.324. The Kier molecular flexibility index (Phi) is 7.69. The van der Waals surface area contributed by atoms with Crippen LogP contribution in [0.3, 0.4) is 0 Å². The van der Waals surface area contributed by atoms with E-state index >= 15 is 0 Å². The summed E-state index contributed by atoms with van der Waals surface area (Å²) in [6.45, 7) is 7.83. The van der Waals surface area contributed by atoms with E-state index in [0.29, 0.717) is 11.5 Å². The average Bonchev–Trinajstić information content (AvgIpc) is 2.23. The highest BCUT2D eigenvalue weighted by molar-refractivity contribution is 5.89. The molecule has 0 amide bonds. The first-order valence-electron chi connectivity index (χ1n) is 5.71. The van der Waals surface area contributed by atoms with Gasteiger partial charge in [-0.15, -0.1) is 0 Å². The average molecular weight is 210 g/mol. The molecule has 0 heterocycles. The van der Waals surface area contributed by atoms with Gasteiger partial charge in [0.2, 0.25) is 0 Å². The van der Waals surface area contributed by atoms with Gasteiger partial charge in [-0.1, -0.05) is 58.3 Å². The van der Waals surface area contributed by atoms with E-state index in [2.05, 4.69) is 20.4 Å². The SMILES string of the molecule is C=C/C(=C/CC(CC)CCCC)C(=O)O. The number of allylic oxidation sites excluding steroid dienone is 1. The fourth-order valence-electron chi connectivity index (χ4n) is 1.53. The molecule has 0 aliphatic heterocycles. The van der Waals surface area contributed by atoms with E-state index in [-0.39, 0.29) is 0 Å². The summed E-state index contributed by atoms with van der Waals surface area (Å²) in [5.41, 5.74) is 0.324. The van der Waals surface area contributed by atoms with Crippen molar-refractivity contribution in [3.63, 3.8) is 0 Å². The predicted octanol–water partition coefficient (Wildman–Crippen LogP) is 3.79. The molecule has 2 heteroatoms. The second-order valence-electron chi connectivity index (χ2n) is 3.82. The van der Waals surface area contributed by atoms with E-state index in [0.717, 1.165) is 12.8 Å². The van der Waals surface area contributed by atoms with Crippen molar-refractivity contribution in [3.8, 4) is 0 Å². The summed E-state index contributed by atoms with van der Waals surface area (Å²) in [4.78, 5) is 10.7.